The average molecular weight is 301 g/mol. The van der Waals surface area contributed by atoms with Crippen molar-refractivity contribution in [2.45, 2.75) is 26.4 Å². The van der Waals surface area contributed by atoms with E-state index in [1.807, 2.05) is 18.2 Å². The highest BCUT2D eigenvalue weighted by molar-refractivity contribution is 9.11. The summed E-state index contributed by atoms with van der Waals surface area (Å²) >= 11 is 5.07. The lowest BCUT2D eigenvalue weighted by atomic mass is 10.3. The van der Waals surface area contributed by atoms with E-state index >= 15 is 0 Å². The largest absolute Gasteiger partial charge is 0.355 e. The Hall–Kier alpha value is -0.650. The molecule has 2 aromatic heterocycles. The summed E-state index contributed by atoms with van der Waals surface area (Å²) in [6.07, 6.45) is 0. The zero-order valence-corrected chi connectivity index (χ0v) is 11.6. The molecular weight excluding hydrogens is 288 g/mol. The SMILES string of the molecule is CC(C)NCc1cc(-c2ccc(Br)s2)on1. The van der Waals surface area contributed by atoms with Gasteiger partial charge in [-0.1, -0.05) is 19.0 Å². The van der Waals surface area contributed by atoms with Crippen LogP contribution in [-0.2, 0) is 6.54 Å². The highest BCUT2D eigenvalue weighted by atomic mass is 79.9. The van der Waals surface area contributed by atoms with Crippen LogP contribution in [0.5, 0.6) is 0 Å². The fourth-order valence-electron chi connectivity index (χ4n) is 1.27. The Bertz CT molecular complexity index is 464. The van der Waals surface area contributed by atoms with E-state index in [1.54, 1.807) is 11.3 Å². The first-order chi connectivity index (χ1) is 7.65. The first kappa shape index (κ1) is 11.8. The molecule has 0 aliphatic heterocycles. The van der Waals surface area contributed by atoms with Crippen LogP contribution in [0.2, 0.25) is 0 Å². The minimum atomic E-state index is 0.455. The third-order valence-electron chi connectivity index (χ3n) is 2.07. The van der Waals surface area contributed by atoms with E-state index in [0.717, 1.165) is 26.7 Å². The molecule has 0 fully saturated rings. The van der Waals surface area contributed by atoms with E-state index in [1.165, 1.54) is 0 Å². The average Bonchev–Trinajstić information content (AvgIpc) is 2.83. The van der Waals surface area contributed by atoms with Crippen molar-refractivity contribution < 1.29 is 4.52 Å². The van der Waals surface area contributed by atoms with Crippen molar-refractivity contribution in [3.63, 3.8) is 0 Å². The van der Waals surface area contributed by atoms with E-state index in [0.29, 0.717) is 6.04 Å². The highest BCUT2D eigenvalue weighted by Gasteiger charge is 2.08. The topological polar surface area (TPSA) is 38.1 Å². The Morgan fingerprint density at radius 1 is 1.50 bits per heavy atom. The minimum Gasteiger partial charge on any atom is -0.355 e. The quantitative estimate of drug-likeness (QED) is 0.936. The van der Waals surface area contributed by atoms with Gasteiger partial charge in [-0.25, -0.2) is 0 Å². The number of nitrogens with zero attached hydrogens (tertiary/aromatic N) is 1. The molecule has 86 valence electrons. The molecule has 2 heterocycles. The van der Waals surface area contributed by atoms with Gasteiger partial charge in [-0.3, -0.25) is 0 Å². The zero-order valence-electron chi connectivity index (χ0n) is 9.16. The maximum atomic E-state index is 5.30. The van der Waals surface area contributed by atoms with Crippen molar-refractivity contribution in [3.8, 4) is 10.6 Å². The second kappa shape index (κ2) is 5.12. The third-order valence-corrected chi connectivity index (χ3v) is 3.70. The summed E-state index contributed by atoms with van der Waals surface area (Å²) in [6, 6.07) is 6.47. The minimum absolute atomic E-state index is 0.455. The third kappa shape index (κ3) is 2.93. The fraction of sp³-hybridized carbons (Fsp3) is 0.364. The lowest BCUT2D eigenvalue weighted by Crippen LogP contribution is -2.21. The van der Waals surface area contributed by atoms with E-state index in [4.69, 9.17) is 4.52 Å². The van der Waals surface area contributed by atoms with Gasteiger partial charge in [0.25, 0.3) is 0 Å². The molecule has 0 saturated carbocycles. The van der Waals surface area contributed by atoms with Crippen LogP contribution in [0.25, 0.3) is 10.6 Å². The van der Waals surface area contributed by atoms with Crippen molar-refractivity contribution in [2.75, 3.05) is 0 Å². The van der Waals surface area contributed by atoms with Gasteiger partial charge < -0.3 is 9.84 Å². The molecule has 0 saturated heterocycles. The van der Waals surface area contributed by atoms with Crippen LogP contribution in [0.15, 0.2) is 26.5 Å². The van der Waals surface area contributed by atoms with E-state index in [9.17, 15) is 0 Å². The number of thiophene rings is 1. The van der Waals surface area contributed by atoms with E-state index in [2.05, 4.69) is 40.3 Å². The van der Waals surface area contributed by atoms with Crippen molar-refractivity contribution in [1.29, 1.82) is 0 Å². The first-order valence-electron chi connectivity index (χ1n) is 5.10. The number of nitrogens with one attached hydrogen (secondary N) is 1. The van der Waals surface area contributed by atoms with Crippen LogP contribution < -0.4 is 5.32 Å². The molecule has 0 bridgehead atoms. The molecule has 2 aromatic rings. The maximum absolute atomic E-state index is 5.30. The molecule has 0 spiro atoms. The van der Waals surface area contributed by atoms with Crippen LogP contribution in [0.4, 0.5) is 0 Å². The normalized spacial score (nSPS) is 11.2. The van der Waals surface area contributed by atoms with Crippen molar-refractivity contribution in [3.05, 3.63) is 27.7 Å². The zero-order chi connectivity index (χ0) is 11.5. The summed E-state index contributed by atoms with van der Waals surface area (Å²) in [4.78, 5) is 1.09. The molecule has 0 unspecified atom stereocenters. The summed E-state index contributed by atoms with van der Waals surface area (Å²) < 4.78 is 6.39. The van der Waals surface area contributed by atoms with Gasteiger partial charge in [0, 0.05) is 18.7 Å². The van der Waals surface area contributed by atoms with Crippen LogP contribution in [0, 0.1) is 0 Å². The highest BCUT2D eigenvalue weighted by Crippen LogP contribution is 2.31. The Morgan fingerprint density at radius 3 is 2.94 bits per heavy atom. The molecule has 16 heavy (non-hydrogen) atoms. The smallest absolute Gasteiger partial charge is 0.177 e. The Labute approximate surface area is 107 Å². The van der Waals surface area contributed by atoms with Gasteiger partial charge in [0.15, 0.2) is 5.76 Å². The number of aromatic nitrogens is 1. The predicted octanol–water partition coefficient (Wildman–Crippen LogP) is 3.66. The molecule has 0 radical (unpaired) electrons. The fourth-order valence-corrected chi connectivity index (χ4v) is 2.60. The molecule has 0 aromatic carbocycles. The Morgan fingerprint density at radius 2 is 2.31 bits per heavy atom. The van der Waals surface area contributed by atoms with Crippen molar-refractivity contribution in [1.82, 2.24) is 10.5 Å². The summed E-state index contributed by atoms with van der Waals surface area (Å²) in [5.41, 5.74) is 0.938. The van der Waals surface area contributed by atoms with Gasteiger partial charge in [-0.2, -0.15) is 0 Å². The van der Waals surface area contributed by atoms with Crippen molar-refractivity contribution in [2.24, 2.45) is 0 Å². The molecule has 1 N–H and O–H groups in total. The van der Waals surface area contributed by atoms with Crippen LogP contribution >= 0.6 is 27.3 Å². The van der Waals surface area contributed by atoms with E-state index < -0.39 is 0 Å². The summed E-state index contributed by atoms with van der Waals surface area (Å²) in [5.74, 6) is 0.830. The van der Waals surface area contributed by atoms with Gasteiger partial charge in [-0.15, -0.1) is 11.3 Å². The molecule has 0 aliphatic carbocycles. The maximum Gasteiger partial charge on any atom is 0.177 e. The molecule has 5 heteroatoms. The van der Waals surface area contributed by atoms with Crippen molar-refractivity contribution >= 4 is 27.3 Å². The number of hydrogen-bond acceptors (Lipinski definition) is 4. The number of halogens is 1. The summed E-state index contributed by atoms with van der Waals surface area (Å²) in [6.45, 7) is 4.96. The van der Waals surface area contributed by atoms with Gasteiger partial charge >= 0.3 is 0 Å². The standard InChI is InChI=1S/C11H13BrN2OS/c1-7(2)13-6-8-5-9(15-14-8)10-3-4-11(12)16-10/h3-5,7,13H,6H2,1-2H3. The summed E-state index contributed by atoms with van der Waals surface area (Å²) in [7, 11) is 0. The van der Waals surface area contributed by atoms with Gasteiger partial charge in [0.05, 0.1) is 14.4 Å². The van der Waals surface area contributed by atoms with Crippen LogP contribution in [-0.4, -0.2) is 11.2 Å². The van der Waals surface area contributed by atoms with Crippen LogP contribution in [0.1, 0.15) is 19.5 Å². The summed E-state index contributed by atoms with van der Waals surface area (Å²) in [5, 5.41) is 7.33. The molecular formula is C11H13BrN2OS. The molecule has 0 aliphatic rings. The van der Waals surface area contributed by atoms with Gasteiger partial charge in [-0.05, 0) is 28.1 Å². The monoisotopic (exact) mass is 300 g/mol. The molecule has 3 nitrogen and oxygen atoms in total. The number of hydrogen-bond donors (Lipinski definition) is 1. The van der Waals surface area contributed by atoms with Gasteiger partial charge in [0.1, 0.15) is 0 Å². The lowest BCUT2D eigenvalue weighted by Gasteiger charge is -2.03. The second-order valence-corrected chi connectivity index (χ2v) is 6.28. The number of rotatable bonds is 4. The Kier molecular flexibility index (Phi) is 3.78. The Balaban J connectivity index is 2.07. The second-order valence-electron chi connectivity index (χ2n) is 3.82. The van der Waals surface area contributed by atoms with Gasteiger partial charge in [0.2, 0.25) is 0 Å². The molecule has 2 rings (SSSR count). The lowest BCUT2D eigenvalue weighted by molar-refractivity contribution is 0.418. The predicted molar refractivity (Wildman–Crippen MR) is 69.5 cm³/mol. The first-order valence-corrected chi connectivity index (χ1v) is 6.71. The van der Waals surface area contributed by atoms with E-state index in [-0.39, 0.29) is 0 Å². The molecule has 0 atom stereocenters. The molecule has 0 amide bonds. The van der Waals surface area contributed by atoms with Crippen LogP contribution in [0.3, 0.4) is 0 Å².